The Bertz CT molecular complexity index is 5770. The molecular weight excluding hydrogens is 1200 g/mol. The molecular formula is C92H64N2S2. The van der Waals surface area contributed by atoms with E-state index in [-0.39, 0.29) is 0 Å². The van der Waals surface area contributed by atoms with Crippen LogP contribution >= 0.6 is 22.7 Å². The summed E-state index contributed by atoms with van der Waals surface area (Å²) in [5.74, 6) is 0. The number of fused-ring (bicyclic) bond motifs is 12. The van der Waals surface area contributed by atoms with E-state index in [1.54, 1.807) is 0 Å². The highest BCUT2D eigenvalue weighted by Crippen LogP contribution is 2.50. The van der Waals surface area contributed by atoms with Crippen LogP contribution in [-0.2, 0) is 0 Å². The molecule has 0 radical (unpaired) electrons. The molecule has 0 N–H and O–H groups in total. The van der Waals surface area contributed by atoms with Crippen molar-refractivity contribution in [3.05, 3.63) is 338 Å². The summed E-state index contributed by atoms with van der Waals surface area (Å²) in [5.41, 5.74) is 23.4. The molecule has 2 heterocycles. The van der Waals surface area contributed by atoms with Gasteiger partial charge in [0.15, 0.2) is 0 Å². The van der Waals surface area contributed by atoms with Crippen LogP contribution in [0.15, 0.2) is 315 Å². The van der Waals surface area contributed by atoms with E-state index in [4.69, 9.17) is 0 Å². The molecule has 0 spiro atoms. The maximum absolute atomic E-state index is 2.51. The quantitative estimate of drug-likeness (QED) is 0.119. The molecule has 0 bridgehead atoms. The number of hydrogen-bond acceptors (Lipinski definition) is 4. The predicted octanol–water partition coefficient (Wildman–Crippen LogP) is 27.5. The molecule has 18 rings (SSSR count). The Kier molecular flexibility index (Phi) is 13.9. The van der Waals surface area contributed by atoms with Crippen molar-refractivity contribution in [3.63, 3.8) is 0 Å². The van der Waals surface area contributed by atoms with Gasteiger partial charge in [-0.05, 0) is 235 Å². The smallest absolute Gasteiger partial charge is 0.0569 e. The van der Waals surface area contributed by atoms with E-state index in [9.17, 15) is 0 Å². The summed E-state index contributed by atoms with van der Waals surface area (Å²) in [6, 6.07) is 118. The number of benzene rings is 16. The highest BCUT2D eigenvalue weighted by molar-refractivity contribution is 7.26. The number of aryl methyl sites for hydroxylation is 4. The molecule has 0 amide bonds. The molecule has 2 aromatic heterocycles. The fourth-order valence-electron chi connectivity index (χ4n) is 15.3. The Morgan fingerprint density at radius 2 is 0.552 bits per heavy atom. The van der Waals surface area contributed by atoms with Crippen molar-refractivity contribution < 1.29 is 0 Å². The number of hydrogen-bond donors (Lipinski definition) is 0. The second-order valence-corrected chi connectivity index (χ2v) is 27.9. The lowest BCUT2D eigenvalue weighted by Gasteiger charge is -2.32. The van der Waals surface area contributed by atoms with Crippen LogP contribution in [0, 0.1) is 27.7 Å². The van der Waals surface area contributed by atoms with E-state index in [0.29, 0.717) is 0 Å². The van der Waals surface area contributed by atoms with E-state index in [1.165, 1.54) is 150 Å². The lowest BCUT2D eigenvalue weighted by atomic mass is 9.92. The van der Waals surface area contributed by atoms with Gasteiger partial charge in [0, 0.05) is 74.2 Å². The zero-order valence-corrected chi connectivity index (χ0v) is 55.4. The Labute approximate surface area is 567 Å². The first-order valence-corrected chi connectivity index (χ1v) is 34.7. The van der Waals surface area contributed by atoms with Gasteiger partial charge in [0.1, 0.15) is 0 Å². The molecule has 0 atom stereocenters. The van der Waals surface area contributed by atoms with Gasteiger partial charge in [0.2, 0.25) is 0 Å². The third-order valence-corrected chi connectivity index (χ3v) is 22.2. The Hall–Kier alpha value is -11.4. The summed E-state index contributed by atoms with van der Waals surface area (Å²) in [6.45, 7) is 9.10. The molecule has 18 aromatic rings. The molecule has 0 aliphatic heterocycles. The number of nitrogens with zero attached hydrogens (tertiary/aromatic N) is 2. The molecule has 0 aliphatic carbocycles. The first kappa shape index (κ1) is 57.3. The molecule has 96 heavy (non-hydrogen) atoms. The second-order valence-electron chi connectivity index (χ2n) is 25.7. The van der Waals surface area contributed by atoms with Crippen LogP contribution < -0.4 is 9.80 Å². The highest BCUT2D eigenvalue weighted by Gasteiger charge is 2.26. The summed E-state index contributed by atoms with van der Waals surface area (Å²) in [6.07, 6.45) is 0. The van der Waals surface area contributed by atoms with E-state index < -0.39 is 0 Å². The monoisotopic (exact) mass is 1260 g/mol. The Morgan fingerprint density at radius 3 is 0.969 bits per heavy atom. The lowest BCUT2D eigenvalue weighted by Crippen LogP contribution is -2.14. The predicted molar refractivity (Wildman–Crippen MR) is 418 cm³/mol. The van der Waals surface area contributed by atoms with Crippen LogP contribution in [0.1, 0.15) is 22.3 Å². The fourth-order valence-corrected chi connectivity index (χ4v) is 17.5. The van der Waals surface area contributed by atoms with Gasteiger partial charge >= 0.3 is 0 Å². The van der Waals surface area contributed by atoms with Crippen LogP contribution in [0.4, 0.5) is 34.1 Å². The third-order valence-electron chi connectivity index (χ3n) is 19.9. The van der Waals surface area contributed by atoms with Crippen LogP contribution in [0.3, 0.4) is 0 Å². The fraction of sp³-hybridized carbons (Fsp3) is 0.0435. The van der Waals surface area contributed by atoms with Crippen molar-refractivity contribution in [2.75, 3.05) is 9.80 Å². The maximum Gasteiger partial charge on any atom is 0.0569 e. The maximum atomic E-state index is 2.51. The van der Waals surface area contributed by atoms with Crippen LogP contribution in [0.2, 0.25) is 0 Å². The van der Waals surface area contributed by atoms with Gasteiger partial charge in [-0.15, -0.1) is 22.7 Å². The highest BCUT2D eigenvalue weighted by atomic mass is 32.1. The molecule has 4 heteroatoms. The third kappa shape index (κ3) is 9.66. The minimum absolute atomic E-state index is 1.09. The SMILES string of the molecule is Cc1cc(-c2ccc(N(c3ccc(-c4cc5ccccc5c5ccccc45)cc3)c3c(C)cccc3-c3ccc4sc5ccccc5c4c3)c(C)c2)ccc1N(c1ccc(-c2cc3ccccc3c3ccccc23)cc1)c1c(C)cccc1-c1ccc2sc3ccccc3c2c1. The molecule has 0 fully saturated rings. The zero-order valence-electron chi connectivity index (χ0n) is 53.7. The van der Waals surface area contributed by atoms with Gasteiger partial charge < -0.3 is 9.80 Å². The van der Waals surface area contributed by atoms with Crippen molar-refractivity contribution in [1.82, 2.24) is 0 Å². The van der Waals surface area contributed by atoms with Gasteiger partial charge in [-0.2, -0.15) is 0 Å². The number of rotatable bonds is 11. The summed E-state index contributed by atoms with van der Waals surface area (Å²) in [7, 11) is 0. The van der Waals surface area contributed by atoms with Gasteiger partial charge in [0.25, 0.3) is 0 Å². The second kappa shape index (κ2) is 23.3. The summed E-state index contributed by atoms with van der Waals surface area (Å²) < 4.78 is 5.21. The standard InChI is InChI=1S/C92H64N2S2/c1-57-19-17-31-73(67-41-49-89-83(55-67)79-29-13-15-33-87(79)95-89)91(57)93(69-43-35-61(36-44-69)81-53-65-21-5-7-23-71(65)75-25-9-11-27-77(75)81)85-47-39-63(51-59(85)3)64-40-48-86(60(4)52-64)94(70-45-37-62(38-46-70)82-54-66-22-6-8-24-72(66)76-26-10-12-28-78(76)82)92-58(2)20-18-32-74(92)68-42-50-90-84(56-68)80-30-14-16-34-88(80)96-90/h5-56H,1-4H3. The van der Waals surface area contributed by atoms with Gasteiger partial charge in [-0.25, -0.2) is 0 Å². The normalized spacial score (nSPS) is 11.8. The van der Waals surface area contributed by atoms with Crippen molar-refractivity contribution >= 4 is 140 Å². The average molecular weight is 1260 g/mol. The van der Waals surface area contributed by atoms with Gasteiger partial charge in [-0.1, -0.05) is 218 Å². The van der Waals surface area contributed by atoms with E-state index in [0.717, 1.165) is 45.3 Å². The van der Waals surface area contributed by atoms with E-state index >= 15 is 0 Å². The summed E-state index contributed by atoms with van der Waals surface area (Å²) >= 11 is 3.73. The Morgan fingerprint density at radius 1 is 0.208 bits per heavy atom. The lowest BCUT2D eigenvalue weighted by molar-refractivity contribution is 1.22. The molecule has 0 unspecified atom stereocenters. The first-order chi connectivity index (χ1) is 47.2. The molecule has 0 saturated heterocycles. The largest absolute Gasteiger partial charge is 0.309 e. The molecule has 0 saturated carbocycles. The van der Waals surface area contributed by atoms with E-state index in [2.05, 4.69) is 353 Å². The van der Waals surface area contributed by atoms with Crippen LogP contribution in [0.5, 0.6) is 0 Å². The topological polar surface area (TPSA) is 6.48 Å². The number of thiophene rings is 2. The molecule has 0 aliphatic rings. The van der Waals surface area contributed by atoms with Gasteiger partial charge in [-0.3, -0.25) is 0 Å². The number of para-hydroxylation sites is 2. The molecule has 16 aromatic carbocycles. The number of anilines is 6. The van der Waals surface area contributed by atoms with Gasteiger partial charge in [0.05, 0.1) is 11.4 Å². The Balaban J connectivity index is 0.765. The first-order valence-electron chi connectivity index (χ1n) is 33.1. The van der Waals surface area contributed by atoms with Crippen LogP contribution in [0.25, 0.3) is 139 Å². The minimum Gasteiger partial charge on any atom is -0.309 e. The van der Waals surface area contributed by atoms with Crippen molar-refractivity contribution in [1.29, 1.82) is 0 Å². The summed E-state index contributed by atoms with van der Waals surface area (Å²) in [4.78, 5) is 5.03. The summed E-state index contributed by atoms with van der Waals surface area (Å²) in [5, 5.41) is 15.2. The van der Waals surface area contributed by atoms with Crippen molar-refractivity contribution in [3.8, 4) is 55.6 Å². The molecule has 2 nitrogen and oxygen atoms in total. The van der Waals surface area contributed by atoms with Crippen molar-refractivity contribution in [2.24, 2.45) is 0 Å². The molecule has 454 valence electrons. The average Bonchev–Trinajstić information content (AvgIpc) is 0.912. The van der Waals surface area contributed by atoms with E-state index in [1.807, 2.05) is 22.7 Å². The van der Waals surface area contributed by atoms with Crippen LogP contribution in [-0.4, -0.2) is 0 Å². The zero-order chi connectivity index (χ0) is 64.1. The van der Waals surface area contributed by atoms with Crippen molar-refractivity contribution in [2.45, 2.75) is 27.7 Å². The minimum atomic E-state index is 1.09.